The normalized spacial score (nSPS) is 16.4. The van der Waals surface area contributed by atoms with E-state index in [0.29, 0.717) is 0 Å². The monoisotopic (exact) mass is 304 g/mol. The van der Waals surface area contributed by atoms with E-state index >= 15 is 0 Å². The smallest absolute Gasteiger partial charge is 0.326 e. The molecule has 0 heterocycles. The van der Waals surface area contributed by atoms with Crippen molar-refractivity contribution in [2.75, 3.05) is 0 Å². The quantitative estimate of drug-likeness (QED) is 0.809. The van der Waals surface area contributed by atoms with Crippen molar-refractivity contribution >= 4 is 17.2 Å². The van der Waals surface area contributed by atoms with Gasteiger partial charge in [-0.15, -0.1) is 0 Å². The molecule has 107 valence electrons. The van der Waals surface area contributed by atoms with Crippen LogP contribution in [0.15, 0.2) is 34.9 Å². The van der Waals surface area contributed by atoms with E-state index in [4.69, 9.17) is 17.3 Å². The Bertz CT molecular complexity index is 587. The molecule has 1 aliphatic rings. The average molecular weight is 305 g/mol. The Balaban J connectivity index is 2.59. The summed E-state index contributed by atoms with van der Waals surface area (Å²) in [5, 5.41) is -0.0280. The topological polar surface area (TPSA) is 26.0 Å². The zero-order valence-corrected chi connectivity index (χ0v) is 11.0. The highest BCUT2D eigenvalue weighted by molar-refractivity contribution is 6.37. The van der Waals surface area contributed by atoms with E-state index in [1.807, 2.05) is 0 Å². The van der Waals surface area contributed by atoms with E-state index in [0.717, 1.165) is 12.5 Å². The second-order valence-electron chi connectivity index (χ2n) is 4.29. The lowest BCUT2D eigenvalue weighted by Gasteiger charge is -2.21. The zero-order valence-electron chi connectivity index (χ0n) is 10.3. The molecule has 0 spiro atoms. The Morgan fingerprint density at radius 3 is 2.50 bits per heavy atom. The van der Waals surface area contributed by atoms with Crippen molar-refractivity contribution in [1.29, 1.82) is 0 Å². The van der Waals surface area contributed by atoms with Gasteiger partial charge in [0.1, 0.15) is 5.82 Å². The van der Waals surface area contributed by atoms with Crippen LogP contribution in [-0.2, 0) is 6.54 Å². The first-order valence-electron chi connectivity index (χ1n) is 5.84. The van der Waals surface area contributed by atoms with Crippen LogP contribution < -0.4 is 5.73 Å². The Morgan fingerprint density at radius 2 is 1.95 bits per heavy atom. The van der Waals surface area contributed by atoms with Crippen molar-refractivity contribution in [3.63, 3.8) is 0 Å². The number of benzene rings is 1. The lowest BCUT2D eigenvalue weighted by Crippen LogP contribution is -2.17. The van der Waals surface area contributed by atoms with Crippen LogP contribution >= 0.6 is 11.6 Å². The molecule has 2 N–H and O–H groups in total. The summed E-state index contributed by atoms with van der Waals surface area (Å²) < 4.78 is 52.7. The number of alkyl halides is 3. The lowest BCUT2D eigenvalue weighted by molar-refractivity contribution is -0.0894. The van der Waals surface area contributed by atoms with Gasteiger partial charge in [0.05, 0.1) is 0 Å². The van der Waals surface area contributed by atoms with Gasteiger partial charge in [0, 0.05) is 34.7 Å². The van der Waals surface area contributed by atoms with Crippen LogP contribution in [-0.4, -0.2) is 6.18 Å². The van der Waals surface area contributed by atoms with Gasteiger partial charge in [-0.2, -0.15) is 13.2 Å². The van der Waals surface area contributed by atoms with Crippen LogP contribution in [0, 0.1) is 12.2 Å². The zero-order chi connectivity index (χ0) is 14.9. The van der Waals surface area contributed by atoms with E-state index in [-0.39, 0.29) is 34.7 Å². The minimum atomic E-state index is -4.53. The predicted molar refractivity (Wildman–Crippen MR) is 70.1 cm³/mol. The second kappa shape index (κ2) is 5.58. The van der Waals surface area contributed by atoms with Gasteiger partial charge in [-0.1, -0.05) is 29.8 Å². The Kier molecular flexibility index (Phi) is 4.20. The molecule has 0 bridgehead atoms. The molecule has 1 aliphatic carbocycles. The largest absolute Gasteiger partial charge is 0.413 e. The SMILES string of the molecule is NCc1ccc(C2=C(C(F)(F)F)[CH]CC=C2Cl)cc1F. The summed E-state index contributed by atoms with van der Waals surface area (Å²) in [6.45, 7) is -0.0208. The van der Waals surface area contributed by atoms with Crippen molar-refractivity contribution in [1.82, 2.24) is 0 Å². The first kappa shape index (κ1) is 15.1. The van der Waals surface area contributed by atoms with Gasteiger partial charge in [-0.05, 0) is 18.1 Å². The van der Waals surface area contributed by atoms with Crippen molar-refractivity contribution in [3.8, 4) is 0 Å². The van der Waals surface area contributed by atoms with Crippen molar-refractivity contribution in [2.45, 2.75) is 19.1 Å². The summed E-state index contributed by atoms with van der Waals surface area (Å²) >= 11 is 5.88. The second-order valence-corrected chi connectivity index (χ2v) is 4.70. The van der Waals surface area contributed by atoms with Crippen LogP contribution in [0.25, 0.3) is 5.57 Å². The highest BCUT2D eigenvalue weighted by Crippen LogP contribution is 2.42. The fraction of sp³-hybridized carbons (Fsp3) is 0.214. The molecule has 0 aliphatic heterocycles. The van der Waals surface area contributed by atoms with Crippen LogP contribution in [0.1, 0.15) is 17.5 Å². The number of halogens is 5. The predicted octanol–water partition coefficient (Wildman–Crippen LogP) is 4.33. The summed E-state index contributed by atoms with van der Waals surface area (Å²) in [6, 6.07) is 3.78. The maximum Gasteiger partial charge on any atom is 0.413 e. The summed E-state index contributed by atoms with van der Waals surface area (Å²) in [4.78, 5) is 0. The Hall–Kier alpha value is -1.33. The van der Waals surface area contributed by atoms with Gasteiger partial charge >= 0.3 is 6.18 Å². The van der Waals surface area contributed by atoms with E-state index in [9.17, 15) is 17.6 Å². The molecule has 6 heteroatoms. The van der Waals surface area contributed by atoms with Crippen molar-refractivity contribution < 1.29 is 17.6 Å². The fourth-order valence-corrected chi connectivity index (χ4v) is 2.33. The molecule has 0 fully saturated rings. The molecule has 0 saturated carbocycles. The highest BCUT2D eigenvalue weighted by atomic mass is 35.5. The van der Waals surface area contributed by atoms with Gasteiger partial charge in [-0.3, -0.25) is 0 Å². The third-order valence-electron chi connectivity index (χ3n) is 2.99. The van der Waals surface area contributed by atoms with Gasteiger partial charge < -0.3 is 5.73 Å². The number of nitrogens with two attached hydrogens (primary N) is 1. The molecule has 0 aromatic heterocycles. The molecule has 0 atom stereocenters. The van der Waals surface area contributed by atoms with Crippen molar-refractivity contribution in [2.24, 2.45) is 5.73 Å². The van der Waals surface area contributed by atoms with Crippen LogP contribution in [0.5, 0.6) is 0 Å². The standard InChI is InChI=1S/C14H11ClF4N/c15-11-3-1-2-10(14(17,18)19)13(11)8-4-5-9(7-20)12(16)6-8/h2-6H,1,7,20H2. The van der Waals surface area contributed by atoms with Gasteiger partial charge in [-0.25, -0.2) is 4.39 Å². The lowest BCUT2D eigenvalue weighted by atomic mass is 9.91. The molecular weight excluding hydrogens is 294 g/mol. The first-order chi connectivity index (χ1) is 9.34. The molecule has 1 radical (unpaired) electrons. The van der Waals surface area contributed by atoms with E-state index in [2.05, 4.69) is 0 Å². The molecule has 0 saturated heterocycles. The van der Waals surface area contributed by atoms with Crippen molar-refractivity contribution in [3.05, 3.63) is 58.2 Å². The van der Waals surface area contributed by atoms with Crippen LogP contribution in [0.2, 0.25) is 0 Å². The van der Waals surface area contributed by atoms with Crippen LogP contribution in [0.4, 0.5) is 17.6 Å². The maximum absolute atomic E-state index is 13.7. The number of rotatable bonds is 2. The maximum atomic E-state index is 13.7. The van der Waals surface area contributed by atoms with Gasteiger partial charge in [0.25, 0.3) is 0 Å². The molecule has 20 heavy (non-hydrogen) atoms. The fourth-order valence-electron chi connectivity index (χ4n) is 2.03. The minimum Gasteiger partial charge on any atom is -0.326 e. The molecule has 1 aromatic carbocycles. The number of allylic oxidation sites excluding steroid dienone is 4. The summed E-state index contributed by atoms with van der Waals surface area (Å²) in [5.74, 6) is -0.644. The molecule has 1 nitrogen and oxygen atoms in total. The number of hydrogen-bond donors (Lipinski definition) is 1. The van der Waals surface area contributed by atoms with E-state index in [1.165, 1.54) is 18.2 Å². The molecule has 2 rings (SSSR count). The average Bonchev–Trinajstić information content (AvgIpc) is 2.37. The molecule has 1 aromatic rings. The third-order valence-corrected chi connectivity index (χ3v) is 3.34. The van der Waals surface area contributed by atoms with E-state index < -0.39 is 17.6 Å². The highest BCUT2D eigenvalue weighted by Gasteiger charge is 2.38. The van der Waals surface area contributed by atoms with Crippen LogP contribution in [0.3, 0.4) is 0 Å². The van der Waals surface area contributed by atoms with Gasteiger partial charge in [0.15, 0.2) is 0 Å². The summed E-state index contributed by atoms with van der Waals surface area (Å²) in [6.07, 6.45) is -1.94. The first-order valence-corrected chi connectivity index (χ1v) is 6.22. The third kappa shape index (κ3) is 2.88. The molecular formula is C14H11ClF4N. The number of hydrogen-bond acceptors (Lipinski definition) is 1. The Morgan fingerprint density at radius 1 is 1.25 bits per heavy atom. The molecule has 0 unspecified atom stereocenters. The van der Waals surface area contributed by atoms with E-state index in [1.54, 1.807) is 0 Å². The molecule has 0 amide bonds. The van der Waals surface area contributed by atoms with Gasteiger partial charge in [0.2, 0.25) is 0 Å². The summed E-state index contributed by atoms with van der Waals surface area (Å²) in [5.41, 5.74) is 4.61. The Labute approximate surface area is 118 Å². The summed E-state index contributed by atoms with van der Waals surface area (Å²) in [7, 11) is 0. The minimum absolute atomic E-state index is 0.0208.